The van der Waals surface area contributed by atoms with Crippen LogP contribution in [0.1, 0.15) is 0 Å². The smallest absolute Gasteiger partial charge is 0.240 e. The fourth-order valence-corrected chi connectivity index (χ4v) is 0.759. The van der Waals surface area contributed by atoms with Crippen molar-refractivity contribution >= 4 is 0 Å². The monoisotopic (exact) mass is 222 g/mol. The number of allylic oxidation sites excluding steroid dienone is 1. The Labute approximate surface area is 83.7 Å². The predicted molar refractivity (Wildman–Crippen MR) is 35.8 cm³/mol. The highest BCUT2D eigenvalue weighted by atomic mass is 35.7. The number of imidazole rings is 1. The SMILES string of the molecule is C=CCn1cc[n+](C)c1.[O-][Cl+3]([O-])([O-])[O-]. The van der Waals surface area contributed by atoms with Crippen molar-refractivity contribution in [2.24, 2.45) is 7.05 Å². The summed E-state index contributed by atoms with van der Waals surface area (Å²) in [7, 11) is -2.94. The molecule has 0 amide bonds. The summed E-state index contributed by atoms with van der Waals surface area (Å²) in [5.74, 6) is 0. The standard InChI is InChI=1S/C7H11N2.ClHO4/c1-3-4-9-6-5-8(2)7-9;2-1(3,4)5/h3,5-7H,1,4H2,2H3;(H,2,3,4,5)/q+1;/p-1. The summed E-state index contributed by atoms with van der Waals surface area (Å²) < 4.78 is 38.0. The van der Waals surface area contributed by atoms with Crippen LogP contribution in [-0.2, 0) is 13.6 Å². The highest BCUT2D eigenvalue weighted by Gasteiger charge is 1.93. The second-order valence-corrected chi connectivity index (χ2v) is 3.20. The number of halogens is 1. The molecular weight excluding hydrogens is 212 g/mol. The van der Waals surface area contributed by atoms with Crippen molar-refractivity contribution in [3.8, 4) is 0 Å². The molecule has 0 saturated carbocycles. The molecule has 0 N–H and O–H groups in total. The van der Waals surface area contributed by atoms with E-state index in [2.05, 4.69) is 11.1 Å². The summed E-state index contributed by atoms with van der Waals surface area (Å²) >= 11 is 0. The highest BCUT2D eigenvalue weighted by molar-refractivity contribution is 4.73. The van der Waals surface area contributed by atoms with Gasteiger partial charge >= 0.3 is 0 Å². The van der Waals surface area contributed by atoms with E-state index < -0.39 is 10.2 Å². The van der Waals surface area contributed by atoms with Crippen molar-refractivity contribution in [3.63, 3.8) is 0 Å². The van der Waals surface area contributed by atoms with E-state index in [4.69, 9.17) is 18.6 Å². The number of hydrogen-bond acceptors (Lipinski definition) is 4. The lowest BCUT2D eigenvalue weighted by molar-refractivity contribution is -2.00. The molecule has 0 aliphatic rings. The first-order valence-corrected chi connectivity index (χ1v) is 4.80. The first-order chi connectivity index (χ1) is 6.33. The van der Waals surface area contributed by atoms with E-state index in [9.17, 15) is 0 Å². The molecule has 0 aliphatic carbocycles. The van der Waals surface area contributed by atoms with Gasteiger partial charge in [0.1, 0.15) is 18.9 Å². The minimum absolute atomic E-state index is 0.890. The summed E-state index contributed by atoms with van der Waals surface area (Å²) in [5.41, 5.74) is 0. The Morgan fingerprint density at radius 3 is 2.21 bits per heavy atom. The fraction of sp³-hybridized carbons (Fsp3) is 0.286. The third-order valence-electron chi connectivity index (χ3n) is 1.16. The summed E-state index contributed by atoms with van der Waals surface area (Å²) in [6, 6.07) is 0. The summed E-state index contributed by atoms with van der Waals surface area (Å²) in [5, 5.41) is 0. The molecule has 0 spiro atoms. The lowest BCUT2D eigenvalue weighted by Gasteiger charge is -2.17. The summed E-state index contributed by atoms with van der Waals surface area (Å²) in [4.78, 5) is 0. The van der Waals surface area contributed by atoms with Crippen LogP contribution >= 0.6 is 0 Å². The van der Waals surface area contributed by atoms with Crippen molar-refractivity contribution in [3.05, 3.63) is 31.4 Å². The van der Waals surface area contributed by atoms with Crippen LogP contribution in [0.5, 0.6) is 0 Å². The van der Waals surface area contributed by atoms with Crippen LogP contribution < -0.4 is 23.2 Å². The van der Waals surface area contributed by atoms with Gasteiger partial charge < -0.3 is 0 Å². The number of aromatic nitrogens is 2. The Bertz CT molecular complexity index is 275. The number of aryl methyl sites for hydroxylation is 1. The van der Waals surface area contributed by atoms with Crippen LogP contribution in [0, 0.1) is 10.2 Å². The van der Waals surface area contributed by atoms with Gasteiger partial charge in [0, 0.05) is 0 Å². The number of hydrogen-bond donors (Lipinski definition) is 0. The molecule has 1 aromatic heterocycles. The van der Waals surface area contributed by atoms with Gasteiger partial charge in [-0.3, -0.25) is 0 Å². The maximum Gasteiger partial charge on any atom is 0.243 e. The fourth-order valence-electron chi connectivity index (χ4n) is 0.759. The molecule has 1 heterocycles. The van der Waals surface area contributed by atoms with Crippen LogP contribution in [0.2, 0.25) is 0 Å². The molecule has 0 aromatic carbocycles. The van der Waals surface area contributed by atoms with Crippen LogP contribution in [0.3, 0.4) is 0 Å². The van der Waals surface area contributed by atoms with Gasteiger partial charge in [-0.05, 0) is 0 Å². The van der Waals surface area contributed by atoms with Crippen molar-refractivity contribution in [2.75, 3.05) is 0 Å². The minimum atomic E-state index is -4.94. The first kappa shape index (κ1) is 13.1. The van der Waals surface area contributed by atoms with E-state index in [-0.39, 0.29) is 0 Å². The maximum absolute atomic E-state index is 8.49. The van der Waals surface area contributed by atoms with E-state index in [0.717, 1.165) is 6.54 Å². The van der Waals surface area contributed by atoms with Gasteiger partial charge in [-0.25, -0.2) is 27.8 Å². The Balaban J connectivity index is 0.000000292. The lowest BCUT2D eigenvalue weighted by Crippen LogP contribution is -2.68. The van der Waals surface area contributed by atoms with Gasteiger partial charge in [0.25, 0.3) is 0 Å². The Morgan fingerprint density at radius 2 is 1.93 bits per heavy atom. The van der Waals surface area contributed by atoms with Crippen LogP contribution in [0.4, 0.5) is 0 Å². The van der Waals surface area contributed by atoms with Gasteiger partial charge in [0.2, 0.25) is 6.33 Å². The molecule has 0 bridgehead atoms. The molecule has 0 radical (unpaired) electrons. The number of nitrogens with zero attached hydrogens (tertiary/aromatic N) is 2. The van der Waals surface area contributed by atoms with Crippen LogP contribution in [0.25, 0.3) is 0 Å². The lowest BCUT2D eigenvalue weighted by atomic mass is 10.6. The molecule has 6 nitrogen and oxygen atoms in total. The summed E-state index contributed by atoms with van der Waals surface area (Å²) in [6.45, 7) is 4.52. The highest BCUT2D eigenvalue weighted by Crippen LogP contribution is 1.81. The largest absolute Gasteiger partial charge is 0.243 e. The Morgan fingerprint density at radius 1 is 1.43 bits per heavy atom. The molecule has 7 heteroatoms. The van der Waals surface area contributed by atoms with Gasteiger partial charge in [0.05, 0.1) is 7.05 Å². The quantitative estimate of drug-likeness (QED) is 0.374. The van der Waals surface area contributed by atoms with E-state index >= 15 is 0 Å². The number of rotatable bonds is 2. The van der Waals surface area contributed by atoms with Crippen LogP contribution in [-0.4, -0.2) is 4.57 Å². The van der Waals surface area contributed by atoms with E-state index in [1.54, 1.807) is 0 Å². The second-order valence-electron chi connectivity index (χ2n) is 2.44. The second kappa shape index (κ2) is 5.74. The van der Waals surface area contributed by atoms with Crippen molar-refractivity contribution < 1.29 is 33.4 Å². The molecule has 1 aromatic rings. The van der Waals surface area contributed by atoms with E-state index in [1.807, 2.05) is 36.4 Å². The average Bonchev–Trinajstić information content (AvgIpc) is 2.32. The molecule has 14 heavy (non-hydrogen) atoms. The summed E-state index contributed by atoms with van der Waals surface area (Å²) in [6.07, 6.45) is 7.91. The molecule has 1 rings (SSSR count). The first-order valence-electron chi connectivity index (χ1n) is 3.56. The third kappa shape index (κ3) is 9.17. The van der Waals surface area contributed by atoms with Gasteiger partial charge in [0.15, 0.2) is 0 Å². The van der Waals surface area contributed by atoms with Crippen molar-refractivity contribution in [1.82, 2.24) is 4.57 Å². The van der Waals surface area contributed by atoms with Gasteiger partial charge in [-0.15, -0.1) is 10.2 Å². The predicted octanol–water partition coefficient (Wildman–Crippen LogP) is -4.26. The maximum atomic E-state index is 8.49. The third-order valence-corrected chi connectivity index (χ3v) is 1.16. The van der Waals surface area contributed by atoms with Gasteiger partial charge in [-0.2, -0.15) is 0 Å². The van der Waals surface area contributed by atoms with E-state index in [1.165, 1.54) is 0 Å². The zero-order chi connectivity index (χ0) is 11.2. The van der Waals surface area contributed by atoms with E-state index in [0.29, 0.717) is 0 Å². The minimum Gasteiger partial charge on any atom is -0.240 e. The van der Waals surface area contributed by atoms with Crippen LogP contribution in [0.15, 0.2) is 31.4 Å². The molecular formula is C7H11ClN2O4. The van der Waals surface area contributed by atoms with Gasteiger partial charge in [-0.1, -0.05) is 12.7 Å². The van der Waals surface area contributed by atoms with Crippen molar-refractivity contribution in [1.29, 1.82) is 0 Å². The zero-order valence-electron chi connectivity index (χ0n) is 7.63. The molecule has 0 saturated heterocycles. The molecule has 0 unspecified atom stereocenters. The Hall–Kier alpha value is -0.920. The Kier molecular flexibility index (Phi) is 5.36. The average molecular weight is 223 g/mol. The molecule has 0 atom stereocenters. The normalized spacial score (nSPS) is 10.4. The zero-order valence-corrected chi connectivity index (χ0v) is 8.38. The topological polar surface area (TPSA) is 101 Å². The molecule has 0 aliphatic heterocycles. The molecule has 0 fully saturated rings. The molecule has 80 valence electrons. The van der Waals surface area contributed by atoms with Crippen molar-refractivity contribution in [2.45, 2.75) is 6.54 Å².